The van der Waals surface area contributed by atoms with Gasteiger partial charge in [-0.05, 0) is 35.7 Å². The minimum atomic E-state index is -0.168. The van der Waals surface area contributed by atoms with Crippen molar-refractivity contribution in [2.24, 2.45) is 0 Å². The Kier molecular flexibility index (Phi) is 5.38. The maximum atomic E-state index is 12.2. The second kappa shape index (κ2) is 7.69. The summed E-state index contributed by atoms with van der Waals surface area (Å²) in [4.78, 5) is 14.1. The number of hydrogen-bond donors (Lipinski definition) is 1. The molecule has 4 nitrogen and oxygen atoms in total. The number of carbonyl (C=O) groups excluding carboxylic acids is 1. The third kappa shape index (κ3) is 3.71. The number of rotatable bonds is 6. The summed E-state index contributed by atoms with van der Waals surface area (Å²) in [5, 5.41) is 4.04. The van der Waals surface area contributed by atoms with Crippen molar-refractivity contribution in [3.05, 3.63) is 64.7 Å². The van der Waals surface area contributed by atoms with Crippen LogP contribution in [0.15, 0.2) is 48.5 Å². The summed E-state index contributed by atoms with van der Waals surface area (Å²) < 4.78 is 5.33. The highest BCUT2D eigenvalue weighted by Crippen LogP contribution is 2.30. The lowest BCUT2D eigenvalue weighted by molar-refractivity contribution is -0.133. The van der Waals surface area contributed by atoms with Gasteiger partial charge >= 0.3 is 0 Å². The van der Waals surface area contributed by atoms with E-state index in [-0.39, 0.29) is 18.5 Å². The van der Waals surface area contributed by atoms with Crippen molar-refractivity contribution in [2.75, 3.05) is 26.7 Å². The molecule has 1 saturated heterocycles. The number of carbonyl (C=O) groups is 1. The van der Waals surface area contributed by atoms with Gasteiger partial charge in [0.25, 0.3) is 0 Å². The Balaban J connectivity index is 1.85. The highest BCUT2D eigenvalue weighted by Gasteiger charge is 2.23. The first kappa shape index (κ1) is 16.8. The zero-order chi connectivity index (χ0) is 16.9. The van der Waals surface area contributed by atoms with E-state index in [1.807, 2.05) is 53.4 Å². The van der Waals surface area contributed by atoms with Crippen LogP contribution in [0.5, 0.6) is 5.75 Å². The van der Waals surface area contributed by atoms with Gasteiger partial charge in [0, 0.05) is 18.1 Å². The third-order valence-electron chi connectivity index (χ3n) is 4.31. The molecule has 1 atom stereocenters. The molecule has 0 aliphatic carbocycles. The van der Waals surface area contributed by atoms with Gasteiger partial charge < -0.3 is 9.64 Å². The molecule has 0 spiro atoms. The van der Waals surface area contributed by atoms with E-state index in [1.165, 1.54) is 0 Å². The Hall–Kier alpha value is -2.04. The smallest absolute Gasteiger partial charge is 0.236 e. The average molecular weight is 345 g/mol. The van der Waals surface area contributed by atoms with E-state index in [9.17, 15) is 4.79 Å². The summed E-state index contributed by atoms with van der Waals surface area (Å²) in [7, 11) is 1.64. The molecule has 1 aliphatic heterocycles. The van der Waals surface area contributed by atoms with Crippen LogP contribution >= 0.6 is 11.6 Å². The molecule has 5 heteroatoms. The van der Waals surface area contributed by atoms with Crippen molar-refractivity contribution in [1.29, 1.82) is 0 Å². The SMILES string of the molecule is COc1cccc([C@@H](NCC(=O)N2CCC2)c2ccccc2Cl)c1. The molecule has 0 saturated carbocycles. The van der Waals surface area contributed by atoms with E-state index in [4.69, 9.17) is 16.3 Å². The first-order chi connectivity index (χ1) is 11.7. The molecule has 2 aromatic carbocycles. The number of amides is 1. The summed E-state index contributed by atoms with van der Waals surface area (Å²) >= 11 is 6.39. The first-order valence-corrected chi connectivity index (χ1v) is 8.46. The van der Waals surface area contributed by atoms with Crippen LogP contribution in [0.3, 0.4) is 0 Å². The fraction of sp³-hybridized carbons (Fsp3) is 0.316. The van der Waals surface area contributed by atoms with Crippen LogP contribution in [0.1, 0.15) is 23.6 Å². The molecular weight excluding hydrogens is 324 g/mol. The predicted molar refractivity (Wildman–Crippen MR) is 95.5 cm³/mol. The van der Waals surface area contributed by atoms with Crippen LogP contribution in [-0.4, -0.2) is 37.6 Å². The number of methoxy groups -OCH3 is 1. The molecule has 0 unspecified atom stereocenters. The lowest BCUT2D eigenvalue weighted by Crippen LogP contribution is -2.46. The second-order valence-electron chi connectivity index (χ2n) is 5.85. The van der Waals surface area contributed by atoms with Crippen LogP contribution < -0.4 is 10.1 Å². The molecule has 0 aromatic heterocycles. The number of nitrogens with zero attached hydrogens (tertiary/aromatic N) is 1. The van der Waals surface area contributed by atoms with Gasteiger partial charge in [-0.1, -0.05) is 41.9 Å². The molecular formula is C19H21ClN2O2. The van der Waals surface area contributed by atoms with Crippen molar-refractivity contribution in [3.8, 4) is 5.75 Å². The van der Waals surface area contributed by atoms with E-state index < -0.39 is 0 Å². The van der Waals surface area contributed by atoms with Gasteiger partial charge in [-0.15, -0.1) is 0 Å². The monoisotopic (exact) mass is 344 g/mol. The zero-order valence-corrected chi connectivity index (χ0v) is 14.4. The molecule has 1 aliphatic rings. The minimum absolute atomic E-state index is 0.126. The third-order valence-corrected chi connectivity index (χ3v) is 4.65. The first-order valence-electron chi connectivity index (χ1n) is 8.08. The lowest BCUT2D eigenvalue weighted by atomic mass is 9.98. The van der Waals surface area contributed by atoms with E-state index in [1.54, 1.807) is 7.11 Å². The molecule has 1 fully saturated rings. The molecule has 1 N–H and O–H groups in total. The van der Waals surface area contributed by atoms with Gasteiger partial charge in [0.2, 0.25) is 5.91 Å². The standard InChI is InChI=1S/C19H21ClN2O2/c1-24-15-7-4-6-14(12-15)19(16-8-2-3-9-17(16)20)21-13-18(23)22-10-5-11-22/h2-4,6-9,12,19,21H,5,10-11,13H2,1H3/t19-/m1/s1. The quantitative estimate of drug-likeness (QED) is 0.874. The largest absolute Gasteiger partial charge is 0.497 e. The zero-order valence-electron chi connectivity index (χ0n) is 13.7. The van der Waals surface area contributed by atoms with E-state index in [0.29, 0.717) is 5.02 Å². The van der Waals surface area contributed by atoms with Gasteiger partial charge in [-0.25, -0.2) is 0 Å². The van der Waals surface area contributed by atoms with E-state index in [0.717, 1.165) is 36.4 Å². The summed E-state index contributed by atoms with van der Waals surface area (Å²) in [5.41, 5.74) is 1.96. The lowest BCUT2D eigenvalue weighted by Gasteiger charge is -2.32. The van der Waals surface area contributed by atoms with Gasteiger partial charge in [-0.3, -0.25) is 10.1 Å². The van der Waals surface area contributed by atoms with Crippen molar-refractivity contribution in [1.82, 2.24) is 10.2 Å². The second-order valence-corrected chi connectivity index (χ2v) is 6.25. The summed E-state index contributed by atoms with van der Waals surface area (Å²) in [6.45, 7) is 2.00. The van der Waals surface area contributed by atoms with Crippen LogP contribution in [0.2, 0.25) is 5.02 Å². The fourth-order valence-corrected chi connectivity index (χ4v) is 3.05. The maximum absolute atomic E-state index is 12.2. The number of hydrogen-bond acceptors (Lipinski definition) is 3. The molecule has 126 valence electrons. The topological polar surface area (TPSA) is 41.6 Å². The highest BCUT2D eigenvalue weighted by atomic mass is 35.5. The van der Waals surface area contributed by atoms with Crippen molar-refractivity contribution in [3.63, 3.8) is 0 Å². The molecule has 2 aromatic rings. The molecule has 0 bridgehead atoms. The summed E-state index contributed by atoms with van der Waals surface area (Å²) in [5.74, 6) is 0.904. The molecule has 1 amide bonds. The highest BCUT2D eigenvalue weighted by molar-refractivity contribution is 6.31. The number of ether oxygens (including phenoxy) is 1. The van der Waals surface area contributed by atoms with Crippen LogP contribution in [-0.2, 0) is 4.79 Å². The normalized spacial score (nSPS) is 14.8. The van der Waals surface area contributed by atoms with Crippen LogP contribution in [0.25, 0.3) is 0 Å². The Labute approximate surface area is 147 Å². The van der Waals surface area contributed by atoms with Crippen molar-refractivity contribution < 1.29 is 9.53 Å². The van der Waals surface area contributed by atoms with Crippen LogP contribution in [0.4, 0.5) is 0 Å². The Morgan fingerprint density at radius 2 is 2.04 bits per heavy atom. The Morgan fingerprint density at radius 1 is 1.25 bits per heavy atom. The van der Waals surface area contributed by atoms with Gasteiger partial charge in [0.05, 0.1) is 19.7 Å². The molecule has 0 radical (unpaired) electrons. The van der Waals surface area contributed by atoms with Crippen molar-refractivity contribution >= 4 is 17.5 Å². The van der Waals surface area contributed by atoms with E-state index >= 15 is 0 Å². The fourth-order valence-electron chi connectivity index (χ4n) is 2.80. The Bertz CT molecular complexity index is 716. The van der Waals surface area contributed by atoms with Gasteiger partial charge in [-0.2, -0.15) is 0 Å². The summed E-state index contributed by atoms with van der Waals surface area (Å²) in [6.07, 6.45) is 1.09. The van der Waals surface area contributed by atoms with E-state index in [2.05, 4.69) is 5.32 Å². The maximum Gasteiger partial charge on any atom is 0.236 e. The van der Waals surface area contributed by atoms with Crippen molar-refractivity contribution in [2.45, 2.75) is 12.5 Å². The number of nitrogens with one attached hydrogen (secondary N) is 1. The predicted octanol–water partition coefficient (Wildman–Crippen LogP) is 3.26. The molecule has 1 heterocycles. The minimum Gasteiger partial charge on any atom is -0.497 e. The summed E-state index contributed by atoms with van der Waals surface area (Å²) in [6, 6.07) is 15.4. The van der Waals surface area contributed by atoms with Gasteiger partial charge in [0.15, 0.2) is 0 Å². The average Bonchev–Trinajstić information content (AvgIpc) is 2.55. The number of halogens is 1. The number of likely N-dealkylation sites (tertiary alicyclic amines) is 1. The molecule has 24 heavy (non-hydrogen) atoms. The van der Waals surface area contributed by atoms with Gasteiger partial charge in [0.1, 0.15) is 5.75 Å². The molecule has 3 rings (SSSR count). The Morgan fingerprint density at radius 3 is 2.71 bits per heavy atom. The van der Waals surface area contributed by atoms with Crippen LogP contribution in [0, 0.1) is 0 Å². The number of benzene rings is 2.